The number of fused-ring (bicyclic) bond motifs is 12. The molecule has 0 atom stereocenters. The van der Waals surface area contributed by atoms with E-state index in [1.165, 1.54) is 54.1 Å². The number of hydrogen-bond acceptors (Lipinski definition) is 3. The molecule has 0 saturated carbocycles. The number of rotatable bonds is 7. The van der Waals surface area contributed by atoms with E-state index in [9.17, 15) is 0 Å². The molecule has 0 spiro atoms. The predicted octanol–water partition coefficient (Wildman–Crippen LogP) is 17.3. The van der Waals surface area contributed by atoms with Crippen molar-refractivity contribution in [2.75, 3.05) is 0 Å². The molecule has 16 aromatic rings. The smallest absolute Gasteiger partial charge is 0.166 e. The standard InChI is InChI=1S/C69H43N7/c1-10-28-57-47(19-1)48-20-2-11-29-58(48)74(57)46-41-42-66-56(43-46)53-25-7-12-30-59(53)73(66)45-39-37-44(38-40-45)67-70-68(54-26-8-17-35-64(54)75-60-31-13-3-21-49(60)50-22-4-14-32-61(50)75)72-69(71-67)55-27-9-18-36-65(55)76-62-33-15-5-23-51(62)52-24-6-16-34-63(52)76/h1-43H. The minimum atomic E-state index is 0.582. The van der Waals surface area contributed by atoms with Crippen LogP contribution >= 0.6 is 0 Å². The molecule has 0 amide bonds. The summed E-state index contributed by atoms with van der Waals surface area (Å²) in [6, 6.07) is 93.2. The lowest BCUT2D eigenvalue weighted by molar-refractivity contribution is 1.06. The predicted molar refractivity (Wildman–Crippen MR) is 313 cm³/mol. The van der Waals surface area contributed by atoms with Crippen molar-refractivity contribution in [3.63, 3.8) is 0 Å². The van der Waals surface area contributed by atoms with Crippen molar-refractivity contribution in [3.8, 4) is 56.9 Å². The minimum absolute atomic E-state index is 0.582. The number of hydrogen-bond donors (Lipinski definition) is 0. The Kier molecular flexibility index (Phi) is 9.20. The van der Waals surface area contributed by atoms with Crippen LogP contribution in [-0.4, -0.2) is 33.2 Å². The second-order valence-electron chi connectivity index (χ2n) is 19.6. The van der Waals surface area contributed by atoms with Gasteiger partial charge in [0.25, 0.3) is 0 Å². The molecule has 0 N–H and O–H groups in total. The number of nitrogens with zero attached hydrogens (tertiary/aromatic N) is 7. The fourth-order valence-electron chi connectivity index (χ4n) is 12.2. The highest BCUT2D eigenvalue weighted by molar-refractivity contribution is 6.13. The average molecular weight is 970 g/mol. The Morgan fingerprint density at radius 2 is 0.500 bits per heavy atom. The third kappa shape index (κ3) is 6.26. The van der Waals surface area contributed by atoms with Crippen LogP contribution in [0.1, 0.15) is 0 Å². The molecule has 0 saturated heterocycles. The van der Waals surface area contributed by atoms with Gasteiger partial charge >= 0.3 is 0 Å². The van der Waals surface area contributed by atoms with Gasteiger partial charge in [-0.3, -0.25) is 0 Å². The lowest BCUT2D eigenvalue weighted by atomic mass is 10.1. The van der Waals surface area contributed by atoms with Gasteiger partial charge in [-0.1, -0.05) is 152 Å². The molecule has 0 bridgehead atoms. The van der Waals surface area contributed by atoms with E-state index in [1.54, 1.807) is 0 Å². The Bertz CT molecular complexity index is 4670. The molecule has 11 aromatic carbocycles. The van der Waals surface area contributed by atoms with Crippen LogP contribution in [0.5, 0.6) is 0 Å². The van der Waals surface area contributed by atoms with Crippen LogP contribution in [0.2, 0.25) is 0 Å². The molecule has 5 heterocycles. The fourth-order valence-corrected chi connectivity index (χ4v) is 12.2. The molecule has 0 radical (unpaired) electrons. The zero-order valence-corrected chi connectivity index (χ0v) is 41.0. The highest BCUT2D eigenvalue weighted by Crippen LogP contribution is 2.41. The van der Waals surface area contributed by atoms with E-state index in [0.717, 1.165) is 72.5 Å². The van der Waals surface area contributed by atoms with Gasteiger partial charge in [0.1, 0.15) is 0 Å². The van der Waals surface area contributed by atoms with Gasteiger partial charge in [0.15, 0.2) is 17.5 Å². The Hall–Kier alpha value is -10.4. The Morgan fingerprint density at radius 3 is 0.908 bits per heavy atom. The maximum Gasteiger partial charge on any atom is 0.166 e. The summed E-state index contributed by atoms with van der Waals surface area (Å²) in [5, 5.41) is 9.65. The fraction of sp³-hybridized carbons (Fsp3) is 0. The van der Waals surface area contributed by atoms with Crippen LogP contribution in [0.15, 0.2) is 261 Å². The third-order valence-electron chi connectivity index (χ3n) is 15.4. The molecule has 0 aliphatic rings. The number of benzene rings is 11. The molecule has 0 aliphatic carbocycles. The zero-order chi connectivity index (χ0) is 49.8. The minimum Gasteiger partial charge on any atom is -0.309 e. The molecular weight excluding hydrogens is 927 g/mol. The molecule has 0 aliphatic heterocycles. The van der Waals surface area contributed by atoms with Crippen molar-refractivity contribution < 1.29 is 0 Å². The summed E-state index contributed by atoms with van der Waals surface area (Å²) < 4.78 is 9.46. The Balaban J connectivity index is 0.884. The van der Waals surface area contributed by atoms with Gasteiger partial charge in [0.2, 0.25) is 0 Å². The van der Waals surface area contributed by atoms with E-state index in [4.69, 9.17) is 15.0 Å². The van der Waals surface area contributed by atoms with Gasteiger partial charge < -0.3 is 18.3 Å². The van der Waals surface area contributed by atoms with Crippen molar-refractivity contribution in [3.05, 3.63) is 261 Å². The van der Waals surface area contributed by atoms with Crippen LogP contribution in [0.25, 0.3) is 144 Å². The lowest BCUT2D eigenvalue weighted by Crippen LogP contribution is -2.05. The topological polar surface area (TPSA) is 58.4 Å². The normalized spacial score (nSPS) is 11.9. The van der Waals surface area contributed by atoms with Gasteiger partial charge in [-0.15, -0.1) is 0 Å². The second kappa shape index (κ2) is 16.6. The highest BCUT2D eigenvalue weighted by atomic mass is 15.1. The first kappa shape index (κ1) is 42.2. The van der Waals surface area contributed by atoms with Crippen molar-refractivity contribution in [2.24, 2.45) is 0 Å². The van der Waals surface area contributed by atoms with Crippen LogP contribution in [0, 0.1) is 0 Å². The second-order valence-corrected chi connectivity index (χ2v) is 19.6. The Morgan fingerprint density at radius 1 is 0.211 bits per heavy atom. The third-order valence-corrected chi connectivity index (χ3v) is 15.4. The van der Waals surface area contributed by atoms with E-state index in [-0.39, 0.29) is 0 Å². The van der Waals surface area contributed by atoms with Crippen LogP contribution in [0.3, 0.4) is 0 Å². The molecule has 5 aromatic heterocycles. The van der Waals surface area contributed by atoms with Gasteiger partial charge in [-0.25, -0.2) is 15.0 Å². The van der Waals surface area contributed by atoms with Crippen LogP contribution in [-0.2, 0) is 0 Å². The lowest BCUT2D eigenvalue weighted by Gasteiger charge is -2.16. The molecule has 0 unspecified atom stereocenters. The van der Waals surface area contributed by atoms with Crippen molar-refractivity contribution >= 4 is 87.2 Å². The highest BCUT2D eigenvalue weighted by Gasteiger charge is 2.23. The quantitative estimate of drug-likeness (QED) is 0.160. The van der Waals surface area contributed by atoms with E-state index >= 15 is 0 Å². The van der Waals surface area contributed by atoms with E-state index in [2.05, 4.69) is 279 Å². The van der Waals surface area contributed by atoms with Crippen LogP contribution in [0.4, 0.5) is 0 Å². The first-order chi connectivity index (χ1) is 37.7. The summed E-state index contributed by atoms with van der Waals surface area (Å²) in [5.74, 6) is 1.75. The van der Waals surface area contributed by atoms with Crippen molar-refractivity contribution in [1.82, 2.24) is 33.2 Å². The average Bonchev–Trinajstić information content (AvgIpc) is 4.24. The largest absolute Gasteiger partial charge is 0.309 e. The number of para-hydroxylation sites is 9. The zero-order valence-electron chi connectivity index (χ0n) is 41.0. The molecule has 76 heavy (non-hydrogen) atoms. The van der Waals surface area contributed by atoms with Gasteiger partial charge in [-0.05, 0) is 109 Å². The molecule has 354 valence electrons. The van der Waals surface area contributed by atoms with E-state index in [0.29, 0.717) is 17.5 Å². The Labute approximate surface area is 436 Å². The summed E-state index contributed by atoms with van der Waals surface area (Å²) in [6.07, 6.45) is 0. The first-order valence-corrected chi connectivity index (χ1v) is 25.8. The monoisotopic (exact) mass is 969 g/mol. The van der Waals surface area contributed by atoms with Gasteiger partial charge in [0.05, 0.1) is 55.5 Å². The van der Waals surface area contributed by atoms with E-state index < -0.39 is 0 Å². The summed E-state index contributed by atoms with van der Waals surface area (Å²) in [5.41, 5.74) is 15.9. The van der Waals surface area contributed by atoms with Crippen LogP contribution < -0.4 is 0 Å². The molecule has 16 rings (SSSR count). The van der Waals surface area contributed by atoms with Crippen molar-refractivity contribution in [1.29, 1.82) is 0 Å². The summed E-state index contributed by atoms with van der Waals surface area (Å²) in [4.78, 5) is 16.4. The summed E-state index contributed by atoms with van der Waals surface area (Å²) in [7, 11) is 0. The first-order valence-electron chi connectivity index (χ1n) is 25.8. The van der Waals surface area contributed by atoms with Gasteiger partial charge in [-0.2, -0.15) is 0 Å². The van der Waals surface area contributed by atoms with Gasteiger partial charge in [0, 0.05) is 71.2 Å². The maximum atomic E-state index is 5.49. The summed E-state index contributed by atoms with van der Waals surface area (Å²) in [6.45, 7) is 0. The SMILES string of the molecule is c1ccc(-n2c3ccccc3c3ccccc32)c(-c2nc(-c3ccc(-n4c5ccccc5c5cc(-n6c7ccccc7c7ccccc76)ccc54)cc3)nc(-c3ccccc3-n3c4ccccc4c4ccccc43)n2)c1. The molecule has 7 nitrogen and oxygen atoms in total. The number of aromatic nitrogens is 7. The van der Waals surface area contributed by atoms with E-state index in [1.807, 2.05) is 0 Å². The molecule has 7 heteroatoms. The van der Waals surface area contributed by atoms with Crippen molar-refractivity contribution in [2.45, 2.75) is 0 Å². The molecular formula is C69H43N7. The maximum absolute atomic E-state index is 5.49. The summed E-state index contributed by atoms with van der Waals surface area (Å²) >= 11 is 0. The molecule has 0 fully saturated rings.